The summed E-state index contributed by atoms with van der Waals surface area (Å²) >= 11 is 0. The molecule has 5 nitrogen and oxygen atoms in total. The van der Waals surface area contributed by atoms with Crippen LogP contribution in [0.1, 0.15) is 5.56 Å². The number of rotatable bonds is 7. The number of ether oxygens (including phenoxy) is 1. The van der Waals surface area contributed by atoms with E-state index in [1.165, 1.54) is 0 Å². The molecule has 2 amide bonds. The van der Waals surface area contributed by atoms with E-state index in [0.717, 1.165) is 11.3 Å². The van der Waals surface area contributed by atoms with E-state index >= 15 is 0 Å². The van der Waals surface area contributed by atoms with E-state index in [-0.39, 0.29) is 18.7 Å². The molecule has 0 heterocycles. The first-order valence-electron chi connectivity index (χ1n) is 8.78. The molecular formula is C22H22N2O3. The van der Waals surface area contributed by atoms with Crippen LogP contribution in [0.4, 0.5) is 10.5 Å². The van der Waals surface area contributed by atoms with Crippen LogP contribution < -0.4 is 15.4 Å². The Hall–Kier alpha value is -3.31. The Morgan fingerprint density at radius 2 is 1.44 bits per heavy atom. The van der Waals surface area contributed by atoms with Crippen LogP contribution >= 0.6 is 0 Å². The minimum absolute atomic E-state index is 0.133. The van der Waals surface area contributed by atoms with Gasteiger partial charge in [0.2, 0.25) is 0 Å². The van der Waals surface area contributed by atoms with Crippen LogP contribution in [0.25, 0.3) is 0 Å². The largest absolute Gasteiger partial charge is 0.457 e. The molecule has 0 aliphatic rings. The maximum Gasteiger partial charge on any atom is 0.319 e. The number of amides is 2. The Morgan fingerprint density at radius 3 is 2.07 bits per heavy atom. The summed E-state index contributed by atoms with van der Waals surface area (Å²) in [6, 6.07) is 25.6. The van der Waals surface area contributed by atoms with Gasteiger partial charge >= 0.3 is 6.03 Å². The summed E-state index contributed by atoms with van der Waals surface area (Å²) in [4.78, 5) is 12.2. The molecule has 0 saturated heterocycles. The van der Waals surface area contributed by atoms with Crippen molar-refractivity contribution in [2.45, 2.75) is 12.5 Å². The minimum atomic E-state index is -0.360. The van der Waals surface area contributed by atoms with Crippen LogP contribution in [0.15, 0.2) is 84.9 Å². The van der Waals surface area contributed by atoms with Crippen LogP contribution in [-0.4, -0.2) is 23.8 Å². The van der Waals surface area contributed by atoms with Crippen LogP contribution in [0.3, 0.4) is 0 Å². The molecule has 0 fully saturated rings. The van der Waals surface area contributed by atoms with Gasteiger partial charge in [-0.3, -0.25) is 0 Å². The van der Waals surface area contributed by atoms with Crippen molar-refractivity contribution in [2.24, 2.45) is 0 Å². The summed E-state index contributed by atoms with van der Waals surface area (Å²) < 4.78 is 5.73. The van der Waals surface area contributed by atoms with Crippen LogP contribution in [0.2, 0.25) is 0 Å². The number of urea groups is 1. The number of anilines is 1. The number of nitrogens with one attached hydrogen (secondary N) is 2. The number of hydrogen-bond acceptors (Lipinski definition) is 3. The lowest BCUT2D eigenvalue weighted by Gasteiger charge is -2.17. The molecule has 1 unspecified atom stereocenters. The lowest BCUT2D eigenvalue weighted by molar-refractivity contribution is 0.224. The number of carbonyl (C=O) groups excluding carboxylic acids is 1. The van der Waals surface area contributed by atoms with Crippen molar-refractivity contribution < 1.29 is 14.6 Å². The molecule has 0 bridgehead atoms. The first-order valence-corrected chi connectivity index (χ1v) is 8.78. The van der Waals surface area contributed by atoms with Gasteiger partial charge in [0, 0.05) is 5.69 Å². The lowest BCUT2D eigenvalue weighted by Crippen LogP contribution is -2.41. The van der Waals surface area contributed by atoms with Gasteiger partial charge in [0.25, 0.3) is 0 Å². The fraction of sp³-hybridized carbons (Fsp3) is 0.136. The van der Waals surface area contributed by atoms with Crippen molar-refractivity contribution >= 4 is 11.7 Å². The number of para-hydroxylation sites is 1. The molecule has 5 heteroatoms. The van der Waals surface area contributed by atoms with Crippen molar-refractivity contribution in [3.05, 3.63) is 90.5 Å². The molecule has 3 aromatic rings. The third-order valence-corrected chi connectivity index (χ3v) is 3.97. The van der Waals surface area contributed by atoms with Gasteiger partial charge in [-0.1, -0.05) is 48.5 Å². The van der Waals surface area contributed by atoms with Gasteiger partial charge < -0.3 is 20.5 Å². The van der Waals surface area contributed by atoms with Gasteiger partial charge in [0.15, 0.2) is 0 Å². The molecule has 0 aromatic heterocycles. The third-order valence-electron chi connectivity index (χ3n) is 3.97. The van der Waals surface area contributed by atoms with Crippen LogP contribution in [0.5, 0.6) is 11.5 Å². The molecule has 0 spiro atoms. The normalized spacial score (nSPS) is 11.4. The Bertz CT molecular complexity index is 836. The molecule has 138 valence electrons. The van der Waals surface area contributed by atoms with Gasteiger partial charge in [0.1, 0.15) is 11.5 Å². The van der Waals surface area contributed by atoms with E-state index in [9.17, 15) is 9.90 Å². The Morgan fingerprint density at radius 1 is 0.852 bits per heavy atom. The SMILES string of the molecule is O=C(Nc1ccc(Oc2ccccc2)cc1)NC(CO)Cc1ccccc1. The maximum atomic E-state index is 12.2. The van der Waals surface area contributed by atoms with E-state index in [4.69, 9.17) is 4.74 Å². The molecule has 0 radical (unpaired) electrons. The second kappa shape index (κ2) is 9.40. The van der Waals surface area contributed by atoms with Crippen molar-refractivity contribution in [1.29, 1.82) is 0 Å². The zero-order chi connectivity index (χ0) is 18.9. The molecule has 0 saturated carbocycles. The highest BCUT2D eigenvalue weighted by Crippen LogP contribution is 2.22. The standard InChI is InChI=1S/C22H22N2O3/c25-16-19(15-17-7-3-1-4-8-17)24-22(26)23-18-11-13-21(14-12-18)27-20-9-5-2-6-10-20/h1-14,19,25H,15-16H2,(H2,23,24,26). The molecule has 0 aliphatic carbocycles. The number of benzene rings is 3. The van der Waals surface area contributed by atoms with Crippen molar-refractivity contribution in [3.63, 3.8) is 0 Å². The monoisotopic (exact) mass is 362 g/mol. The van der Waals surface area contributed by atoms with Gasteiger partial charge in [0.05, 0.1) is 12.6 Å². The Balaban J connectivity index is 1.52. The summed E-state index contributed by atoms with van der Waals surface area (Å²) in [5.74, 6) is 1.44. The average Bonchev–Trinajstić information content (AvgIpc) is 2.70. The summed E-state index contributed by atoms with van der Waals surface area (Å²) in [5.41, 5.74) is 1.70. The van der Waals surface area contributed by atoms with Gasteiger partial charge in [-0.2, -0.15) is 0 Å². The van der Waals surface area contributed by atoms with Gasteiger partial charge in [-0.15, -0.1) is 0 Å². The van der Waals surface area contributed by atoms with Crippen LogP contribution in [0, 0.1) is 0 Å². The Labute approximate surface area is 158 Å². The van der Waals surface area contributed by atoms with E-state index in [1.54, 1.807) is 24.3 Å². The van der Waals surface area contributed by atoms with E-state index in [1.807, 2.05) is 60.7 Å². The molecular weight excluding hydrogens is 340 g/mol. The van der Waals surface area contributed by atoms with Crippen LogP contribution in [-0.2, 0) is 6.42 Å². The molecule has 1 atom stereocenters. The fourth-order valence-electron chi connectivity index (χ4n) is 2.64. The van der Waals surface area contributed by atoms with E-state index in [0.29, 0.717) is 17.9 Å². The second-order valence-corrected chi connectivity index (χ2v) is 6.11. The smallest absolute Gasteiger partial charge is 0.319 e. The molecule has 27 heavy (non-hydrogen) atoms. The molecule has 0 aliphatic heterocycles. The molecule has 3 rings (SSSR count). The van der Waals surface area contributed by atoms with E-state index < -0.39 is 0 Å². The number of aliphatic hydroxyl groups is 1. The van der Waals surface area contributed by atoms with Gasteiger partial charge in [-0.25, -0.2) is 4.79 Å². The van der Waals surface area contributed by atoms with E-state index in [2.05, 4.69) is 10.6 Å². The lowest BCUT2D eigenvalue weighted by atomic mass is 10.1. The fourth-order valence-corrected chi connectivity index (χ4v) is 2.64. The highest BCUT2D eigenvalue weighted by molar-refractivity contribution is 5.89. The third kappa shape index (κ3) is 5.87. The highest BCUT2D eigenvalue weighted by Gasteiger charge is 2.12. The second-order valence-electron chi connectivity index (χ2n) is 6.11. The average molecular weight is 362 g/mol. The van der Waals surface area contributed by atoms with Crippen molar-refractivity contribution in [3.8, 4) is 11.5 Å². The number of hydrogen-bond donors (Lipinski definition) is 3. The van der Waals surface area contributed by atoms with Gasteiger partial charge in [-0.05, 0) is 48.4 Å². The zero-order valence-electron chi connectivity index (χ0n) is 14.8. The summed E-state index contributed by atoms with van der Waals surface area (Å²) in [5, 5.41) is 15.1. The van der Waals surface area contributed by atoms with Crippen molar-refractivity contribution in [2.75, 3.05) is 11.9 Å². The first-order chi connectivity index (χ1) is 13.2. The summed E-state index contributed by atoms with van der Waals surface area (Å²) in [6.07, 6.45) is 0.564. The summed E-state index contributed by atoms with van der Waals surface area (Å²) in [7, 11) is 0. The molecule has 3 N–H and O–H groups in total. The quantitative estimate of drug-likeness (QED) is 0.590. The number of aliphatic hydroxyl groups excluding tert-OH is 1. The summed E-state index contributed by atoms with van der Waals surface area (Å²) in [6.45, 7) is -0.133. The molecule has 3 aromatic carbocycles. The highest BCUT2D eigenvalue weighted by atomic mass is 16.5. The Kier molecular flexibility index (Phi) is 6.44. The maximum absolute atomic E-state index is 12.2. The zero-order valence-corrected chi connectivity index (χ0v) is 14.8. The first kappa shape index (κ1) is 18.5. The topological polar surface area (TPSA) is 70.6 Å². The predicted molar refractivity (Wildman–Crippen MR) is 106 cm³/mol. The minimum Gasteiger partial charge on any atom is -0.457 e. The van der Waals surface area contributed by atoms with Crippen molar-refractivity contribution in [1.82, 2.24) is 5.32 Å². The number of carbonyl (C=O) groups is 1. The predicted octanol–water partition coefficient (Wildman–Crippen LogP) is 4.20.